The number of hydrogen-bond donors (Lipinski definition) is 0. The minimum atomic E-state index is -0.0131. The van der Waals surface area contributed by atoms with Gasteiger partial charge in [-0.3, -0.25) is 4.79 Å². The van der Waals surface area contributed by atoms with E-state index in [1.165, 1.54) is 0 Å². The van der Waals surface area contributed by atoms with Gasteiger partial charge >= 0.3 is 0 Å². The standard InChI is InChI=1S/C16H12Br2O/c1-11-5-4-6-12(16(11)18)9-10-15(19)13-7-2-3-8-14(13)17/h2-10H,1H3/b10-9+. The number of ketones is 1. The number of halogens is 2. The van der Waals surface area contributed by atoms with E-state index in [4.69, 9.17) is 0 Å². The Kier molecular flexibility index (Phi) is 4.72. The first kappa shape index (κ1) is 14.2. The molecular weight excluding hydrogens is 368 g/mol. The molecule has 96 valence electrons. The van der Waals surface area contributed by atoms with Crippen molar-refractivity contribution in [3.8, 4) is 0 Å². The first-order chi connectivity index (χ1) is 9.09. The predicted molar refractivity (Wildman–Crippen MR) is 86.4 cm³/mol. The maximum absolute atomic E-state index is 12.1. The minimum Gasteiger partial charge on any atom is -0.289 e. The van der Waals surface area contributed by atoms with Crippen LogP contribution in [0, 0.1) is 6.92 Å². The van der Waals surface area contributed by atoms with Crippen LogP contribution in [-0.4, -0.2) is 5.78 Å². The molecule has 0 aliphatic heterocycles. The number of allylic oxidation sites excluding steroid dienone is 1. The third kappa shape index (κ3) is 3.43. The summed E-state index contributed by atoms with van der Waals surface area (Å²) in [6.45, 7) is 2.02. The Hall–Kier alpha value is -1.19. The molecule has 2 rings (SSSR count). The number of carbonyl (C=O) groups is 1. The lowest BCUT2D eigenvalue weighted by Gasteiger charge is -2.02. The largest absolute Gasteiger partial charge is 0.289 e. The van der Waals surface area contributed by atoms with E-state index < -0.39 is 0 Å². The molecule has 1 nitrogen and oxygen atoms in total. The fourth-order valence-corrected chi connectivity index (χ4v) is 2.59. The number of rotatable bonds is 3. The molecule has 0 saturated heterocycles. The zero-order chi connectivity index (χ0) is 13.8. The Morgan fingerprint density at radius 2 is 1.79 bits per heavy atom. The summed E-state index contributed by atoms with van der Waals surface area (Å²) in [6, 6.07) is 13.4. The number of carbonyl (C=O) groups excluding carboxylic acids is 1. The molecule has 0 amide bonds. The van der Waals surface area contributed by atoms with Gasteiger partial charge in [-0.05, 0) is 58.3 Å². The van der Waals surface area contributed by atoms with Gasteiger partial charge in [-0.1, -0.05) is 46.3 Å². The van der Waals surface area contributed by atoms with E-state index in [1.807, 2.05) is 55.5 Å². The van der Waals surface area contributed by atoms with Gasteiger partial charge in [0.05, 0.1) is 0 Å². The maximum atomic E-state index is 12.1. The van der Waals surface area contributed by atoms with E-state index in [0.29, 0.717) is 5.56 Å². The average Bonchev–Trinajstić information content (AvgIpc) is 2.40. The van der Waals surface area contributed by atoms with E-state index in [2.05, 4.69) is 31.9 Å². The monoisotopic (exact) mass is 378 g/mol. The van der Waals surface area contributed by atoms with Crippen LogP contribution < -0.4 is 0 Å². The van der Waals surface area contributed by atoms with Crippen molar-refractivity contribution < 1.29 is 4.79 Å². The molecule has 0 aliphatic rings. The summed E-state index contributed by atoms with van der Waals surface area (Å²) < 4.78 is 1.83. The van der Waals surface area contributed by atoms with Crippen molar-refractivity contribution in [3.63, 3.8) is 0 Å². The van der Waals surface area contributed by atoms with Crippen LogP contribution in [0.4, 0.5) is 0 Å². The van der Waals surface area contributed by atoms with Crippen LogP contribution in [0.3, 0.4) is 0 Å². The highest BCUT2D eigenvalue weighted by atomic mass is 79.9. The zero-order valence-electron chi connectivity index (χ0n) is 10.4. The van der Waals surface area contributed by atoms with Crippen LogP contribution in [-0.2, 0) is 0 Å². The Balaban J connectivity index is 2.26. The van der Waals surface area contributed by atoms with Gasteiger partial charge in [0.2, 0.25) is 0 Å². The van der Waals surface area contributed by atoms with Gasteiger partial charge in [0.25, 0.3) is 0 Å². The van der Waals surface area contributed by atoms with Crippen molar-refractivity contribution in [1.29, 1.82) is 0 Å². The zero-order valence-corrected chi connectivity index (χ0v) is 13.5. The molecule has 0 radical (unpaired) electrons. The number of aryl methyl sites for hydroxylation is 1. The third-order valence-corrected chi connectivity index (χ3v) is 4.55. The predicted octanol–water partition coefficient (Wildman–Crippen LogP) is 5.42. The Morgan fingerprint density at radius 3 is 2.53 bits per heavy atom. The minimum absolute atomic E-state index is 0.0131. The maximum Gasteiger partial charge on any atom is 0.186 e. The second-order valence-electron chi connectivity index (χ2n) is 4.16. The number of hydrogen-bond acceptors (Lipinski definition) is 1. The van der Waals surface area contributed by atoms with Gasteiger partial charge in [-0.2, -0.15) is 0 Å². The van der Waals surface area contributed by atoms with E-state index in [-0.39, 0.29) is 5.78 Å². The first-order valence-corrected chi connectivity index (χ1v) is 7.40. The summed E-state index contributed by atoms with van der Waals surface area (Å²) in [4.78, 5) is 12.1. The molecule has 0 fully saturated rings. The molecule has 0 aromatic heterocycles. The second-order valence-corrected chi connectivity index (χ2v) is 5.80. The highest BCUT2D eigenvalue weighted by molar-refractivity contribution is 9.10. The Morgan fingerprint density at radius 1 is 1.05 bits per heavy atom. The summed E-state index contributed by atoms with van der Waals surface area (Å²) in [5, 5.41) is 0. The smallest absolute Gasteiger partial charge is 0.186 e. The van der Waals surface area contributed by atoms with E-state index in [1.54, 1.807) is 6.08 Å². The molecule has 2 aromatic carbocycles. The van der Waals surface area contributed by atoms with Gasteiger partial charge in [-0.15, -0.1) is 0 Å². The molecule has 0 heterocycles. The fourth-order valence-electron chi connectivity index (χ4n) is 1.72. The summed E-state index contributed by atoms with van der Waals surface area (Å²) in [7, 11) is 0. The summed E-state index contributed by atoms with van der Waals surface area (Å²) >= 11 is 6.91. The summed E-state index contributed by atoms with van der Waals surface area (Å²) in [5.74, 6) is -0.0131. The molecule has 0 atom stereocenters. The van der Waals surface area contributed by atoms with Crippen molar-refractivity contribution in [1.82, 2.24) is 0 Å². The third-order valence-electron chi connectivity index (χ3n) is 2.78. The Labute approximate surface area is 129 Å². The van der Waals surface area contributed by atoms with Crippen LogP contribution in [0.1, 0.15) is 21.5 Å². The fraction of sp³-hybridized carbons (Fsp3) is 0.0625. The molecule has 0 bridgehead atoms. The molecule has 0 spiro atoms. The highest BCUT2D eigenvalue weighted by Gasteiger charge is 2.06. The Bertz CT molecular complexity index is 645. The summed E-state index contributed by atoms with van der Waals surface area (Å²) in [6.07, 6.45) is 3.43. The van der Waals surface area contributed by atoms with Crippen LogP contribution in [0.5, 0.6) is 0 Å². The van der Waals surface area contributed by atoms with Gasteiger partial charge in [0, 0.05) is 14.5 Å². The first-order valence-electron chi connectivity index (χ1n) is 5.81. The number of benzene rings is 2. The van der Waals surface area contributed by atoms with Crippen molar-refractivity contribution >= 4 is 43.7 Å². The molecule has 19 heavy (non-hydrogen) atoms. The van der Waals surface area contributed by atoms with E-state index in [0.717, 1.165) is 20.1 Å². The van der Waals surface area contributed by atoms with Crippen molar-refractivity contribution in [2.75, 3.05) is 0 Å². The van der Waals surface area contributed by atoms with Crippen molar-refractivity contribution in [3.05, 3.63) is 74.2 Å². The van der Waals surface area contributed by atoms with Crippen LogP contribution in [0.15, 0.2) is 57.5 Å². The molecule has 0 saturated carbocycles. The SMILES string of the molecule is Cc1cccc(/C=C/C(=O)c2ccccc2Br)c1Br. The molecule has 0 N–H and O–H groups in total. The lowest BCUT2D eigenvalue weighted by atomic mass is 10.1. The van der Waals surface area contributed by atoms with E-state index in [9.17, 15) is 4.79 Å². The molecule has 0 unspecified atom stereocenters. The molecule has 0 aliphatic carbocycles. The lowest BCUT2D eigenvalue weighted by molar-refractivity contribution is 0.104. The van der Waals surface area contributed by atoms with Crippen LogP contribution in [0.2, 0.25) is 0 Å². The van der Waals surface area contributed by atoms with Crippen molar-refractivity contribution in [2.24, 2.45) is 0 Å². The highest BCUT2D eigenvalue weighted by Crippen LogP contribution is 2.23. The normalized spacial score (nSPS) is 10.9. The molecular formula is C16H12Br2O. The van der Waals surface area contributed by atoms with E-state index >= 15 is 0 Å². The van der Waals surface area contributed by atoms with Gasteiger partial charge in [0.1, 0.15) is 0 Å². The molecule has 3 heteroatoms. The second kappa shape index (κ2) is 6.31. The van der Waals surface area contributed by atoms with Crippen LogP contribution in [0.25, 0.3) is 6.08 Å². The van der Waals surface area contributed by atoms with Gasteiger partial charge < -0.3 is 0 Å². The van der Waals surface area contributed by atoms with Crippen LogP contribution >= 0.6 is 31.9 Å². The van der Waals surface area contributed by atoms with Gasteiger partial charge in [0.15, 0.2) is 5.78 Å². The van der Waals surface area contributed by atoms with Crippen molar-refractivity contribution in [2.45, 2.75) is 6.92 Å². The topological polar surface area (TPSA) is 17.1 Å². The summed E-state index contributed by atoms with van der Waals surface area (Å²) in [5.41, 5.74) is 2.82. The lowest BCUT2D eigenvalue weighted by Crippen LogP contribution is -1.95. The quantitative estimate of drug-likeness (QED) is 0.514. The average molecular weight is 380 g/mol. The van der Waals surface area contributed by atoms with Gasteiger partial charge in [-0.25, -0.2) is 0 Å². The molecule has 2 aromatic rings.